The Morgan fingerprint density at radius 3 is 2.11 bits per heavy atom. The molecule has 4 nitrogen and oxygen atoms in total. The van der Waals surface area contributed by atoms with Gasteiger partial charge in [0.05, 0.1) is 5.58 Å². The van der Waals surface area contributed by atoms with Gasteiger partial charge in [-0.3, -0.25) is 0 Å². The van der Waals surface area contributed by atoms with Crippen LogP contribution in [0.15, 0.2) is 126 Å². The summed E-state index contributed by atoms with van der Waals surface area (Å²) in [6.45, 7) is 9.05. The third-order valence-corrected chi connectivity index (χ3v) is 8.28. The number of hydrogen-bond acceptors (Lipinski definition) is 4. The average Bonchev–Trinajstić information content (AvgIpc) is 3.60. The van der Waals surface area contributed by atoms with Crippen molar-refractivity contribution in [3.63, 3.8) is 0 Å². The number of rotatable bonds is 5. The molecular weight excluding hydrogens is 827 g/mol. The molecule has 0 aliphatic carbocycles. The third-order valence-electron chi connectivity index (χ3n) is 8.28. The molecule has 0 bridgehead atoms. The molecule has 0 saturated carbocycles. The summed E-state index contributed by atoms with van der Waals surface area (Å²) in [5.41, 5.74) is 6.83. The quantitative estimate of drug-likeness (QED) is 0.162. The summed E-state index contributed by atoms with van der Waals surface area (Å²) in [6.07, 6.45) is 0.448. The molecule has 8 rings (SSSR count). The molecule has 0 atom stereocenters. The molecule has 4 heterocycles. The minimum Gasteiger partial charge on any atom is -0.498 e. The van der Waals surface area contributed by atoms with Gasteiger partial charge in [-0.2, -0.15) is 0 Å². The Labute approximate surface area is 336 Å². The van der Waals surface area contributed by atoms with Gasteiger partial charge in [0.25, 0.3) is 0 Å². The van der Waals surface area contributed by atoms with Gasteiger partial charge in [0.2, 0.25) is 0 Å². The summed E-state index contributed by atoms with van der Waals surface area (Å²) in [6, 6.07) is 40.1. The predicted octanol–water partition coefficient (Wildman–Crippen LogP) is 12.7. The van der Waals surface area contributed by atoms with Crippen LogP contribution in [0.2, 0.25) is 0 Å². The van der Waals surface area contributed by atoms with Crippen LogP contribution in [0.25, 0.3) is 66.5 Å². The zero-order valence-corrected chi connectivity index (χ0v) is 33.0. The molecule has 0 spiro atoms. The average molecular weight is 879 g/mol. The first-order chi connectivity index (χ1) is 27.7. The fourth-order valence-electron chi connectivity index (χ4n) is 6.14. The van der Waals surface area contributed by atoms with Crippen LogP contribution in [0.5, 0.6) is 0 Å². The van der Waals surface area contributed by atoms with Crippen molar-refractivity contribution in [3.8, 4) is 33.6 Å². The second-order valence-electron chi connectivity index (χ2n) is 14.9. The number of nitrogens with zero attached hydrogens (tertiary/aromatic N) is 3. The summed E-state index contributed by atoms with van der Waals surface area (Å²) >= 11 is 0. The maximum absolute atomic E-state index is 8.64. The van der Waals surface area contributed by atoms with E-state index in [0.29, 0.717) is 39.1 Å². The largest absolute Gasteiger partial charge is 0.498 e. The van der Waals surface area contributed by atoms with E-state index >= 15 is 0 Å². The van der Waals surface area contributed by atoms with Gasteiger partial charge in [0, 0.05) is 58.6 Å². The zero-order valence-electron chi connectivity index (χ0n) is 37.6. The number of furan rings is 1. The number of aryl methyl sites for hydroxylation is 1. The van der Waals surface area contributed by atoms with Crippen LogP contribution in [0, 0.1) is 29.8 Å². The summed E-state index contributed by atoms with van der Waals surface area (Å²) in [7, 11) is 0. The van der Waals surface area contributed by atoms with Crippen LogP contribution in [-0.2, 0) is 32.9 Å². The molecule has 0 aliphatic heterocycles. The standard InChI is InChI=1S/C26H23N2O.C22H22N.Ir/c1-16-8-9-18-10-11-20-19-6-5-7-21(24(19)29-25(20)23(18)28-16)22-14-17(12-13-27-22)15-26(2,3)4;1-22(2,3)16-17-9-11-18(12-10-17)20-13-14-23-21(15-20)19-7-5-4-6-8-19;/h5-6,8-14H,15H2,1-4H3;4-7,9-15H,16H2,1-3H3;/q2*-1;/i1D3,15D2;16D2;. The molecule has 269 valence electrons. The van der Waals surface area contributed by atoms with Crippen molar-refractivity contribution >= 4 is 32.8 Å². The van der Waals surface area contributed by atoms with E-state index in [1.54, 1.807) is 36.7 Å². The molecule has 0 N–H and O–H groups in total. The molecule has 5 heteroatoms. The van der Waals surface area contributed by atoms with Gasteiger partial charge < -0.3 is 14.4 Å². The van der Waals surface area contributed by atoms with E-state index in [1.807, 2.05) is 120 Å². The first-order valence-electron chi connectivity index (χ1n) is 20.8. The van der Waals surface area contributed by atoms with Crippen molar-refractivity contribution in [2.75, 3.05) is 0 Å². The van der Waals surface area contributed by atoms with E-state index in [0.717, 1.165) is 38.5 Å². The molecule has 8 aromatic rings. The molecule has 0 saturated heterocycles. The Morgan fingerprint density at radius 2 is 1.38 bits per heavy atom. The second-order valence-corrected chi connectivity index (χ2v) is 14.9. The summed E-state index contributed by atoms with van der Waals surface area (Å²) in [5.74, 6) is 0. The van der Waals surface area contributed by atoms with Gasteiger partial charge in [0.1, 0.15) is 11.1 Å². The van der Waals surface area contributed by atoms with E-state index in [9.17, 15) is 0 Å². The third kappa shape index (κ3) is 8.99. The fourth-order valence-corrected chi connectivity index (χ4v) is 6.14. The molecule has 4 aromatic heterocycles. The summed E-state index contributed by atoms with van der Waals surface area (Å²) < 4.78 is 63.5. The Kier molecular flexibility index (Phi) is 8.66. The number of hydrogen-bond donors (Lipinski definition) is 0. The van der Waals surface area contributed by atoms with Gasteiger partial charge in [-0.15, -0.1) is 54.1 Å². The van der Waals surface area contributed by atoms with Gasteiger partial charge >= 0.3 is 0 Å². The number of fused-ring (bicyclic) bond motifs is 5. The van der Waals surface area contributed by atoms with Crippen LogP contribution < -0.4 is 0 Å². The minimum absolute atomic E-state index is 0. The van der Waals surface area contributed by atoms with Crippen LogP contribution >= 0.6 is 0 Å². The smallest absolute Gasteiger partial charge is 0.147 e. The summed E-state index contributed by atoms with van der Waals surface area (Å²) in [5, 5.41) is 2.43. The summed E-state index contributed by atoms with van der Waals surface area (Å²) in [4.78, 5) is 13.3. The zero-order chi connectivity index (χ0) is 42.5. The second kappa shape index (κ2) is 15.6. The van der Waals surface area contributed by atoms with Crippen LogP contribution in [-0.4, -0.2) is 15.0 Å². The maximum atomic E-state index is 8.64. The van der Waals surface area contributed by atoms with Crippen LogP contribution in [0.1, 0.15) is 68.0 Å². The van der Waals surface area contributed by atoms with Gasteiger partial charge in [-0.05, 0) is 76.7 Å². The number of benzene rings is 4. The molecule has 0 fully saturated rings. The minimum atomic E-state index is -2.32. The van der Waals surface area contributed by atoms with Crippen molar-refractivity contribution < 1.29 is 34.1 Å². The van der Waals surface area contributed by atoms with E-state index in [1.165, 1.54) is 6.07 Å². The number of aromatic nitrogens is 3. The molecule has 1 radical (unpaired) electrons. The molecule has 0 amide bonds. The maximum Gasteiger partial charge on any atom is 0.147 e. The first-order valence-corrected chi connectivity index (χ1v) is 17.3. The Morgan fingerprint density at radius 1 is 0.660 bits per heavy atom. The Hall–Kier alpha value is -4.96. The van der Waals surface area contributed by atoms with Crippen molar-refractivity contribution in [1.82, 2.24) is 15.0 Å². The van der Waals surface area contributed by atoms with Gasteiger partial charge in [-0.1, -0.05) is 113 Å². The molecule has 53 heavy (non-hydrogen) atoms. The topological polar surface area (TPSA) is 51.8 Å². The normalized spacial score (nSPS) is 14.4. The first kappa shape index (κ1) is 29.5. The molecule has 4 aromatic carbocycles. The van der Waals surface area contributed by atoms with Crippen molar-refractivity contribution in [2.24, 2.45) is 10.8 Å². The van der Waals surface area contributed by atoms with E-state index in [2.05, 4.69) is 27.1 Å². The molecular formula is C48H45IrN3O-2. The Balaban J connectivity index is 0.000000207. The monoisotopic (exact) mass is 879 g/mol. The van der Waals surface area contributed by atoms with Crippen LogP contribution in [0.3, 0.4) is 0 Å². The SMILES string of the molecule is [2H]C([2H])([2H])c1ccc2ccc3c4cc[c-]c(-c5cc(C([2H])([2H])C(C)(C)C)ccn5)c4oc3c2n1.[2H]C([2H])(c1ccc(-c2ccnc(-c3[c-]cccc3)c2)cc1)C(C)(C)C.[Ir]. The number of pyridine rings is 3. The Bertz CT molecular complexity index is 2790. The van der Waals surface area contributed by atoms with E-state index < -0.39 is 30.4 Å². The predicted molar refractivity (Wildman–Crippen MR) is 216 cm³/mol. The fraction of sp³-hybridized carbons (Fsp3) is 0.229. The van der Waals surface area contributed by atoms with Crippen molar-refractivity contribution in [2.45, 2.75) is 61.1 Å². The molecule has 0 unspecified atom stereocenters. The van der Waals surface area contributed by atoms with Gasteiger partial charge in [0.15, 0.2) is 0 Å². The molecule has 0 aliphatic rings. The van der Waals surface area contributed by atoms with Gasteiger partial charge in [-0.25, -0.2) is 4.98 Å². The van der Waals surface area contributed by atoms with E-state index in [-0.39, 0.29) is 25.8 Å². The van der Waals surface area contributed by atoms with Crippen molar-refractivity contribution in [3.05, 3.63) is 151 Å². The van der Waals surface area contributed by atoms with Crippen LogP contribution in [0.4, 0.5) is 0 Å². The van der Waals surface area contributed by atoms with Crippen molar-refractivity contribution in [1.29, 1.82) is 0 Å². The van der Waals surface area contributed by atoms with E-state index in [4.69, 9.17) is 14.0 Å².